The molecule has 234 valence electrons. The molecule has 0 radical (unpaired) electrons. The molecule has 0 saturated carbocycles. The topological polar surface area (TPSA) is 168 Å². The minimum atomic E-state index is -0.527. The first-order valence-electron chi connectivity index (χ1n) is 14.2. The molecule has 0 fully saturated rings. The monoisotopic (exact) mass is 608 g/mol. The van der Waals surface area contributed by atoms with Crippen LogP contribution in [0.25, 0.3) is 0 Å². The first kappa shape index (κ1) is 30.5. The fraction of sp³-hybridized carbons (Fsp3) is 0.400. The Kier molecular flexibility index (Phi) is 8.81. The van der Waals surface area contributed by atoms with Gasteiger partial charge in [0.05, 0.1) is 24.8 Å². The lowest BCUT2D eigenvalue weighted by Crippen LogP contribution is -2.50. The highest BCUT2D eigenvalue weighted by Crippen LogP contribution is 2.35. The number of carbonyl (C=O) groups is 3. The summed E-state index contributed by atoms with van der Waals surface area (Å²) in [6.07, 6.45) is -0.510. The van der Waals surface area contributed by atoms with Crippen LogP contribution >= 0.6 is 0 Å². The van der Waals surface area contributed by atoms with Crippen LogP contribution in [-0.4, -0.2) is 83.7 Å². The van der Waals surface area contributed by atoms with Crippen LogP contribution in [0.15, 0.2) is 40.9 Å². The van der Waals surface area contributed by atoms with Crippen LogP contribution in [0.4, 0.5) is 26.7 Å². The number of likely N-dealkylation sites (N-methyl/N-ethyl adjacent to an activating group) is 1. The van der Waals surface area contributed by atoms with Gasteiger partial charge in [0.2, 0.25) is 6.79 Å². The van der Waals surface area contributed by atoms with Gasteiger partial charge in [-0.2, -0.15) is 0 Å². The van der Waals surface area contributed by atoms with E-state index in [-0.39, 0.29) is 49.9 Å². The van der Waals surface area contributed by atoms with E-state index in [0.717, 1.165) is 0 Å². The number of rotatable bonds is 7. The number of nitrogens with zero attached hydrogens (tertiary/aromatic N) is 3. The Hall–Kier alpha value is -4.98. The number of hydrogen-bond acceptors (Lipinski definition) is 9. The number of benzene rings is 2. The molecule has 4 N–H and O–H groups in total. The largest absolute Gasteiger partial charge is 0.487 e. The van der Waals surface area contributed by atoms with Crippen LogP contribution in [0.3, 0.4) is 0 Å². The zero-order valence-electron chi connectivity index (χ0n) is 25.2. The summed E-state index contributed by atoms with van der Waals surface area (Å²) in [6.45, 7) is 7.48. The average Bonchev–Trinajstić information content (AvgIpc) is 3.60. The molecule has 14 nitrogen and oxygen atoms in total. The van der Waals surface area contributed by atoms with Crippen LogP contribution in [0, 0.1) is 19.8 Å². The van der Waals surface area contributed by atoms with Crippen molar-refractivity contribution in [2.24, 2.45) is 5.92 Å². The molecule has 2 aromatic carbocycles. The summed E-state index contributed by atoms with van der Waals surface area (Å²) in [7, 11) is 1.65. The zero-order valence-corrected chi connectivity index (χ0v) is 25.2. The van der Waals surface area contributed by atoms with Crippen molar-refractivity contribution in [1.29, 1.82) is 0 Å². The molecule has 0 aliphatic carbocycles. The number of anilines is 3. The number of aliphatic hydroxyl groups excluding tert-OH is 1. The van der Waals surface area contributed by atoms with E-state index in [9.17, 15) is 19.5 Å². The van der Waals surface area contributed by atoms with Crippen LogP contribution in [0.2, 0.25) is 0 Å². The fourth-order valence-corrected chi connectivity index (χ4v) is 5.00. The first-order valence-corrected chi connectivity index (χ1v) is 14.2. The number of hydrogen-bond donors (Lipinski definition) is 4. The van der Waals surface area contributed by atoms with Crippen molar-refractivity contribution in [1.82, 2.24) is 15.0 Å². The van der Waals surface area contributed by atoms with Gasteiger partial charge in [0.25, 0.3) is 5.91 Å². The molecular weight excluding hydrogens is 572 g/mol. The second-order valence-corrected chi connectivity index (χ2v) is 11.0. The minimum absolute atomic E-state index is 0.119. The summed E-state index contributed by atoms with van der Waals surface area (Å²) in [4.78, 5) is 42.7. The molecule has 5 amide bonds. The highest BCUT2D eigenvalue weighted by atomic mass is 16.7. The van der Waals surface area contributed by atoms with Gasteiger partial charge in [-0.3, -0.25) is 4.79 Å². The Morgan fingerprint density at radius 2 is 1.75 bits per heavy atom. The SMILES string of the molecule is Cc1noc(C)c1NC(=O)N(C)C[C@H]1Oc2ccc(NC(=O)Nc3ccc4c(c3)OCO4)cc2C(=O)N([C@@H](C)CO)C[C@@H]1C. The fourth-order valence-electron chi connectivity index (χ4n) is 5.00. The minimum Gasteiger partial charge on any atom is -0.487 e. The van der Waals surface area contributed by atoms with Gasteiger partial charge in [-0.15, -0.1) is 0 Å². The van der Waals surface area contributed by atoms with Crippen molar-refractivity contribution in [3.05, 3.63) is 53.4 Å². The van der Waals surface area contributed by atoms with E-state index in [1.54, 1.807) is 63.1 Å². The average molecular weight is 609 g/mol. The van der Waals surface area contributed by atoms with E-state index in [4.69, 9.17) is 18.7 Å². The lowest BCUT2D eigenvalue weighted by molar-refractivity contribution is 0.0371. The number of aliphatic hydroxyl groups is 1. The molecule has 0 spiro atoms. The normalized spacial score (nSPS) is 18.0. The van der Waals surface area contributed by atoms with E-state index < -0.39 is 18.2 Å². The number of ether oxygens (including phenoxy) is 3. The highest BCUT2D eigenvalue weighted by Gasteiger charge is 2.34. The molecule has 2 aliphatic rings. The molecule has 3 atom stereocenters. The number of urea groups is 2. The van der Waals surface area contributed by atoms with Gasteiger partial charge in [0, 0.05) is 37.0 Å². The van der Waals surface area contributed by atoms with Crippen LogP contribution in [0.1, 0.15) is 35.7 Å². The van der Waals surface area contributed by atoms with Gasteiger partial charge in [-0.05, 0) is 51.1 Å². The maximum Gasteiger partial charge on any atom is 0.323 e. The van der Waals surface area contributed by atoms with E-state index in [0.29, 0.717) is 45.8 Å². The summed E-state index contributed by atoms with van der Waals surface area (Å²) in [5.41, 5.74) is 2.15. The third-order valence-corrected chi connectivity index (χ3v) is 7.62. The van der Waals surface area contributed by atoms with Gasteiger partial charge in [0.15, 0.2) is 17.3 Å². The lowest BCUT2D eigenvalue weighted by Gasteiger charge is -2.38. The lowest BCUT2D eigenvalue weighted by atomic mass is 9.99. The van der Waals surface area contributed by atoms with Crippen LogP contribution in [-0.2, 0) is 0 Å². The summed E-state index contributed by atoms with van der Waals surface area (Å²) < 4.78 is 22.2. The van der Waals surface area contributed by atoms with Crippen molar-refractivity contribution in [3.63, 3.8) is 0 Å². The van der Waals surface area contributed by atoms with Gasteiger partial charge in [0.1, 0.15) is 23.2 Å². The van der Waals surface area contributed by atoms with Gasteiger partial charge < -0.3 is 49.6 Å². The smallest absolute Gasteiger partial charge is 0.323 e. The Bertz CT molecular complexity index is 1540. The molecule has 14 heteroatoms. The number of fused-ring (bicyclic) bond motifs is 2. The third kappa shape index (κ3) is 6.49. The standard InChI is InChI=1S/C30H36N6O8/c1-16-12-36(17(2)14-37)28(38)22-10-20(31-29(39)32-21-7-9-24-25(11-21)42-15-41-24)6-8-23(22)43-26(16)13-35(5)30(40)33-27-18(3)34-44-19(27)4/h6-11,16-17,26,37H,12-15H2,1-5H3,(H,33,40)(H2,31,32,39)/t16-,17-,26+/m0/s1. The van der Waals surface area contributed by atoms with Gasteiger partial charge in [-0.25, -0.2) is 9.59 Å². The molecule has 0 bridgehead atoms. The summed E-state index contributed by atoms with van der Waals surface area (Å²) in [5.74, 6) is 1.35. The Morgan fingerprint density at radius 3 is 2.43 bits per heavy atom. The molecule has 1 aromatic heterocycles. The van der Waals surface area contributed by atoms with Crippen molar-refractivity contribution in [3.8, 4) is 17.2 Å². The molecule has 0 saturated heterocycles. The van der Waals surface area contributed by atoms with Gasteiger partial charge in [-0.1, -0.05) is 12.1 Å². The maximum absolute atomic E-state index is 13.7. The van der Waals surface area contributed by atoms with Gasteiger partial charge >= 0.3 is 12.1 Å². The van der Waals surface area contributed by atoms with E-state index in [1.165, 1.54) is 11.0 Å². The Balaban J connectivity index is 1.34. The summed E-state index contributed by atoms with van der Waals surface area (Å²) in [5, 5.41) is 22.1. The summed E-state index contributed by atoms with van der Waals surface area (Å²) >= 11 is 0. The molecule has 2 aliphatic heterocycles. The molecule has 5 rings (SSSR count). The van der Waals surface area contributed by atoms with Crippen molar-refractivity contribution < 1.29 is 38.2 Å². The van der Waals surface area contributed by atoms with Crippen molar-refractivity contribution in [2.75, 3.05) is 49.5 Å². The molecule has 0 unspecified atom stereocenters. The highest BCUT2D eigenvalue weighted by molar-refractivity contribution is 6.02. The first-order chi connectivity index (χ1) is 21.0. The number of aryl methyl sites for hydroxylation is 2. The van der Waals surface area contributed by atoms with Crippen LogP contribution in [0.5, 0.6) is 17.2 Å². The predicted molar refractivity (Wildman–Crippen MR) is 160 cm³/mol. The van der Waals surface area contributed by atoms with Crippen molar-refractivity contribution >= 4 is 35.0 Å². The Morgan fingerprint density at radius 1 is 1.07 bits per heavy atom. The van der Waals surface area contributed by atoms with Crippen LogP contribution < -0.4 is 30.2 Å². The predicted octanol–water partition coefficient (Wildman–Crippen LogP) is 4.05. The van der Waals surface area contributed by atoms with E-state index in [2.05, 4.69) is 21.1 Å². The number of carbonyl (C=O) groups excluding carboxylic acids is 3. The zero-order chi connectivity index (χ0) is 31.5. The van der Waals surface area contributed by atoms with E-state index >= 15 is 0 Å². The number of nitrogens with one attached hydrogen (secondary N) is 3. The maximum atomic E-state index is 13.7. The molecule has 3 heterocycles. The molecule has 3 aromatic rings. The Labute approximate surface area is 254 Å². The quantitative estimate of drug-likeness (QED) is 0.309. The van der Waals surface area contributed by atoms with E-state index in [1.807, 2.05) is 6.92 Å². The third-order valence-electron chi connectivity index (χ3n) is 7.62. The molecule has 44 heavy (non-hydrogen) atoms. The number of aromatic nitrogens is 1. The molecular formula is C30H36N6O8. The summed E-state index contributed by atoms with van der Waals surface area (Å²) in [6, 6.07) is 8.43. The number of amides is 5. The second-order valence-electron chi connectivity index (χ2n) is 11.0. The second kappa shape index (κ2) is 12.7. The van der Waals surface area contributed by atoms with Crippen molar-refractivity contribution in [2.45, 2.75) is 39.8 Å².